The number of likely N-dealkylation sites (tertiary alicyclic amines) is 1. The highest BCUT2D eigenvalue weighted by Crippen LogP contribution is 2.26. The molecule has 0 spiro atoms. The van der Waals surface area contributed by atoms with Gasteiger partial charge in [-0.1, -0.05) is 0 Å². The van der Waals surface area contributed by atoms with Gasteiger partial charge in [0, 0.05) is 30.6 Å². The van der Waals surface area contributed by atoms with Crippen LogP contribution in [0.3, 0.4) is 0 Å². The van der Waals surface area contributed by atoms with E-state index >= 15 is 0 Å². The highest BCUT2D eigenvalue weighted by atomic mass is 32.1. The third kappa shape index (κ3) is 2.91. The van der Waals surface area contributed by atoms with Crippen LogP contribution < -0.4 is 5.73 Å². The van der Waals surface area contributed by atoms with Crippen LogP contribution in [0.15, 0.2) is 5.38 Å². The lowest BCUT2D eigenvalue weighted by Crippen LogP contribution is -2.60. The molecule has 0 aromatic carbocycles. The van der Waals surface area contributed by atoms with Crippen molar-refractivity contribution in [3.63, 3.8) is 0 Å². The Kier molecular flexibility index (Phi) is 4.37. The Morgan fingerprint density at radius 3 is 2.94 bits per heavy atom. The molecule has 1 atom stereocenters. The highest BCUT2D eigenvalue weighted by molar-refractivity contribution is 7.09. The fourth-order valence-electron chi connectivity index (χ4n) is 2.86. The number of aryl methyl sites for hydroxylation is 1. The molecule has 18 heavy (non-hydrogen) atoms. The van der Waals surface area contributed by atoms with E-state index in [1.165, 1.54) is 25.1 Å². The normalized spacial score (nSPS) is 25.8. The maximum Gasteiger partial charge on any atom is 0.0897 e. The Morgan fingerprint density at radius 2 is 2.39 bits per heavy atom. The number of thiazole rings is 1. The number of nitrogens with zero attached hydrogens (tertiary/aromatic N) is 3. The summed E-state index contributed by atoms with van der Waals surface area (Å²) in [4.78, 5) is 9.34. The van der Waals surface area contributed by atoms with Gasteiger partial charge in [0.1, 0.15) is 0 Å². The zero-order valence-corrected chi connectivity index (χ0v) is 12.5. The Bertz CT molecular complexity index is 392. The van der Waals surface area contributed by atoms with E-state index in [1.807, 2.05) is 0 Å². The van der Waals surface area contributed by atoms with E-state index in [9.17, 15) is 0 Å². The van der Waals surface area contributed by atoms with Gasteiger partial charge in [-0.25, -0.2) is 4.98 Å². The smallest absolute Gasteiger partial charge is 0.0897 e. The number of aromatic nitrogens is 1. The van der Waals surface area contributed by atoms with Gasteiger partial charge in [0.15, 0.2) is 0 Å². The van der Waals surface area contributed by atoms with Crippen LogP contribution in [0.1, 0.15) is 23.5 Å². The van der Waals surface area contributed by atoms with Crippen LogP contribution in [0.2, 0.25) is 0 Å². The zero-order chi connectivity index (χ0) is 13.2. The first-order chi connectivity index (χ1) is 8.55. The number of nitrogens with two attached hydrogens (primary N) is 1. The maximum atomic E-state index is 6.07. The molecule has 0 aliphatic carbocycles. The van der Waals surface area contributed by atoms with Crippen LogP contribution in [0.4, 0.5) is 0 Å². The first-order valence-electron chi connectivity index (χ1n) is 6.56. The Morgan fingerprint density at radius 1 is 1.61 bits per heavy atom. The standard InChI is InChI=1S/C13H24N4S/c1-11-15-12(8-18-11)7-17(3)13(9-14)5-4-6-16(2)10-13/h8H,4-7,9-10,14H2,1-3H3. The summed E-state index contributed by atoms with van der Waals surface area (Å²) in [7, 11) is 4.37. The minimum Gasteiger partial charge on any atom is -0.329 e. The van der Waals surface area contributed by atoms with Crippen LogP contribution in [0, 0.1) is 6.92 Å². The lowest BCUT2D eigenvalue weighted by Gasteiger charge is -2.46. The summed E-state index contributed by atoms with van der Waals surface area (Å²) >= 11 is 1.72. The number of hydrogen-bond donors (Lipinski definition) is 1. The second-order valence-corrected chi connectivity index (χ2v) is 6.55. The summed E-state index contributed by atoms with van der Waals surface area (Å²) in [5.41, 5.74) is 7.36. The van der Waals surface area contributed by atoms with Gasteiger partial charge in [-0.05, 0) is 40.4 Å². The molecule has 0 saturated carbocycles. The van der Waals surface area contributed by atoms with Crippen molar-refractivity contribution >= 4 is 11.3 Å². The molecule has 2 rings (SSSR count). The van der Waals surface area contributed by atoms with Gasteiger partial charge in [-0.2, -0.15) is 0 Å². The van der Waals surface area contributed by atoms with Gasteiger partial charge in [0.25, 0.3) is 0 Å². The molecule has 1 aromatic heterocycles. The average Bonchev–Trinajstić information content (AvgIpc) is 2.74. The molecule has 0 radical (unpaired) electrons. The van der Waals surface area contributed by atoms with Crippen molar-refractivity contribution in [3.05, 3.63) is 16.1 Å². The number of piperidine rings is 1. The van der Waals surface area contributed by atoms with E-state index in [4.69, 9.17) is 5.73 Å². The molecule has 2 N–H and O–H groups in total. The van der Waals surface area contributed by atoms with E-state index in [0.717, 1.165) is 24.6 Å². The summed E-state index contributed by atoms with van der Waals surface area (Å²) < 4.78 is 0. The molecule has 0 bridgehead atoms. The van der Waals surface area contributed by atoms with Crippen molar-refractivity contribution in [3.8, 4) is 0 Å². The summed E-state index contributed by atoms with van der Waals surface area (Å²) in [6.45, 7) is 5.92. The monoisotopic (exact) mass is 268 g/mol. The Balaban J connectivity index is 2.07. The van der Waals surface area contributed by atoms with Crippen LogP contribution in [0.5, 0.6) is 0 Å². The highest BCUT2D eigenvalue weighted by Gasteiger charge is 2.36. The van der Waals surface area contributed by atoms with Crippen LogP contribution in [-0.4, -0.2) is 54.1 Å². The van der Waals surface area contributed by atoms with Gasteiger partial charge in [-0.3, -0.25) is 4.90 Å². The number of rotatable bonds is 4. The van der Waals surface area contributed by atoms with Crippen LogP contribution in [-0.2, 0) is 6.54 Å². The number of likely N-dealkylation sites (N-methyl/N-ethyl adjacent to an activating group) is 2. The molecule has 4 nitrogen and oxygen atoms in total. The molecule has 1 aliphatic rings. The summed E-state index contributed by atoms with van der Waals surface area (Å²) in [6, 6.07) is 0. The van der Waals surface area contributed by atoms with Crippen molar-refractivity contribution in [2.24, 2.45) is 5.73 Å². The largest absolute Gasteiger partial charge is 0.329 e. The van der Waals surface area contributed by atoms with Crippen molar-refractivity contribution in [1.82, 2.24) is 14.8 Å². The molecule has 1 aliphatic heterocycles. The molecule has 1 saturated heterocycles. The Hall–Kier alpha value is -0.490. The Labute approximate surface area is 114 Å². The van der Waals surface area contributed by atoms with Crippen molar-refractivity contribution in [2.45, 2.75) is 31.8 Å². The van der Waals surface area contributed by atoms with E-state index in [2.05, 4.69) is 41.2 Å². The fourth-order valence-corrected chi connectivity index (χ4v) is 3.47. The van der Waals surface area contributed by atoms with Gasteiger partial charge in [0.05, 0.1) is 10.7 Å². The molecular formula is C13H24N4S. The zero-order valence-electron chi connectivity index (χ0n) is 11.6. The second kappa shape index (κ2) is 5.65. The SMILES string of the molecule is Cc1nc(CN(C)C2(CN)CCCN(C)C2)cs1. The minimum atomic E-state index is 0.116. The fraction of sp³-hybridized carbons (Fsp3) is 0.769. The van der Waals surface area contributed by atoms with Gasteiger partial charge < -0.3 is 10.6 Å². The molecular weight excluding hydrogens is 244 g/mol. The van der Waals surface area contributed by atoms with Gasteiger partial charge in [0.2, 0.25) is 0 Å². The molecule has 1 fully saturated rings. The van der Waals surface area contributed by atoms with E-state index in [-0.39, 0.29) is 5.54 Å². The van der Waals surface area contributed by atoms with Crippen molar-refractivity contribution in [1.29, 1.82) is 0 Å². The quantitative estimate of drug-likeness (QED) is 0.894. The van der Waals surface area contributed by atoms with E-state index in [1.54, 1.807) is 11.3 Å². The molecule has 5 heteroatoms. The lowest BCUT2D eigenvalue weighted by atomic mass is 9.87. The molecule has 1 aromatic rings. The summed E-state index contributed by atoms with van der Waals surface area (Å²) in [6.07, 6.45) is 2.42. The minimum absolute atomic E-state index is 0.116. The first kappa shape index (κ1) is 13.9. The van der Waals surface area contributed by atoms with E-state index < -0.39 is 0 Å². The van der Waals surface area contributed by atoms with Crippen molar-refractivity contribution in [2.75, 3.05) is 33.7 Å². The topological polar surface area (TPSA) is 45.4 Å². The third-order valence-electron chi connectivity index (χ3n) is 4.00. The molecule has 102 valence electrons. The van der Waals surface area contributed by atoms with Crippen LogP contribution >= 0.6 is 11.3 Å². The van der Waals surface area contributed by atoms with Gasteiger partial charge >= 0.3 is 0 Å². The third-order valence-corrected chi connectivity index (χ3v) is 4.82. The predicted molar refractivity (Wildman–Crippen MR) is 76.8 cm³/mol. The van der Waals surface area contributed by atoms with Gasteiger partial charge in [-0.15, -0.1) is 11.3 Å². The maximum absolute atomic E-state index is 6.07. The summed E-state index contributed by atoms with van der Waals surface area (Å²) in [5.74, 6) is 0. The van der Waals surface area contributed by atoms with E-state index in [0.29, 0.717) is 0 Å². The summed E-state index contributed by atoms with van der Waals surface area (Å²) in [5, 5.41) is 3.30. The molecule has 2 heterocycles. The molecule has 1 unspecified atom stereocenters. The van der Waals surface area contributed by atoms with Crippen LogP contribution in [0.25, 0.3) is 0 Å². The molecule has 0 amide bonds. The second-order valence-electron chi connectivity index (χ2n) is 5.48. The lowest BCUT2D eigenvalue weighted by molar-refractivity contribution is 0.0389. The number of hydrogen-bond acceptors (Lipinski definition) is 5. The average molecular weight is 268 g/mol. The first-order valence-corrected chi connectivity index (χ1v) is 7.44. The van der Waals surface area contributed by atoms with Crippen molar-refractivity contribution < 1.29 is 0 Å². The predicted octanol–water partition coefficient (Wildman–Crippen LogP) is 1.31.